The zero-order valence-electron chi connectivity index (χ0n) is 41.2. The topological polar surface area (TPSA) is 118 Å². The maximum Gasteiger partial charge on any atom is 0.321 e. The first-order valence-electron chi connectivity index (χ1n) is 25.3. The van der Waals surface area contributed by atoms with E-state index in [9.17, 15) is 19.8 Å². The van der Waals surface area contributed by atoms with Crippen LogP contribution >= 0.6 is 46.4 Å². The first-order chi connectivity index (χ1) is 34.4. The molecular formula is C56H71Cl4N5O6. The zero-order valence-corrected chi connectivity index (χ0v) is 44.2. The van der Waals surface area contributed by atoms with E-state index in [4.69, 9.17) is 55.9 Å². The van der Waals surface area contributed by atoms with Crippen LogP contribution < -0.4 is 14.8 Å². The average molecular weight is 1050 g/mol. The molecule has 0 spiro atoms. The standard InChI is InChI=1S/C29H36Cl2N2O3.C27H35Cl2N3O3/c1-36-26-6-4-22(5-7-26)23-10-14-32(15-11-23)19-25(20-34)24-12-16-33(17-13-24)29(35)9-3-21-2-8-27(30)28(31)18-21;1-35-24-5-2-19(3-6-24)20-8-12-31(13-9-20)17-22(18-33)21-10-14-32(15-11-21)27(34)30-23-4-7-25(28)26(29)16-23/h2-9,18,23-25,34H,10-17,19-20H2,1H3;2-7,16,20-22,33H,8-15,17-18H2,1H3,(H,30,34)/b9-3+;. The Morgan fingerprint density at radius 1 is 0.577 bits per heavy atom. The van der Waals surface area contributed by atoms with Gasteiger partial charge in [0.25, 0.3) is 0 Å². The van der Waals surface area contributed by atoms with E-state index in [0.717, 1.165) is 121 Å². The molecule has 11 nitrogen and oxygen atoms in total. The zero-order chi connectivity index (χ0) is 50.3. The fourth-order valence-corrected chi connectivity index (χ4v) is 11.5. The van der Waals surface area contributed by atoms with Gasteiger partial charge in [0.1, 0.15) is 11.5 Å². The molecule has 4 aliphatic heterocycles. The molecule has 0 radical (unpaired) electrons. The number of ether oxygens (including phenoxy) is 2. The Kier molecular flexibility index (Phi) is 21.0. The quantitative estimate of drug-likeness (QED) is 0.101. The summed E-state index contributed by atoms with van der Waals surface area (Å²) in [6.45, 7) is 9.31. The van der Waals surface area contributed by atoms with E-state index in [1.807, 2.05) is 40.1 Å². The van der Waals surface area contributed by atoms with Crippen LogP contribution in [0, 0.1) is 23.7 Å². The highest BCUT2D eigenvalue weighted by Crippen LogP contribution is 2.34. The van der Waals surface area contributed by atoms with Gasteiger partial charge in [0.05, 0.1) is 34.3 Å². The number of piperidine rings is 4. The van der Waals surface area contributed by atoms with Crippen molar-refractivity contribution >= 4 is 70.1 Å². The van der Waals surface area contributed by atoms with Crippen LogP contribution in [0.15, 0.2) is 91.0 Å². The molecule has 71 heavy (non-hydrogen) atoms. The van der Waals surface area contributed by atoms with Crippen molar-refractivity contribution in [1.29, 1.82) is 0 Å². The van der Waals surface area contributed by atoms with Crippen molar-refractivity contribution in [1.82, 2.24) is 19.6 Å². The maximum absolute atomic E-state index is 12.7. The number of methoxy groups -OCH3 is 2. The van der Waals surface area contributed by atoms with Crippen LogP contribution in [0.4, 0.5) is 10.5 Å². The van der Waals surface area contributed by atoms with Crippen LogP contribution in [0.1, 0.15) is 79.9 Å². The number of hydrogen-bond donors (Lipinski definition) is 3. The number of hydrogen-bond acceptors (Lipinski definition) is 8. The molecule has 4 aromatic carbocycles. The van der Waals surface area contributed by atoms with E-state index in [-0.39, 0.29) is 37.0 Å². The molecule has 0 aliphatic carbocycles. The highest BCUT2D eigenvalue weighted by atomic mass is 35.5. The molecule has 15 heteroatoms. The Balaban J connectivity index is 0.000000209. The number of benzene rings is 4. The first kappa shape index (κ1) is 54.7. The van der Waals surface area contributed by atoms with Crippen LogP contribution in [-0.4, -0.2) is 135 Å². The number of nitrogens with zero attached hydrogens (tertiary/aromatic N) is 4. The molecule has 4 saturated heterocycles. The van der Waals surface area contributed by atoms with Crippen LogP contribution in [0.25, 0.3) is 6.08 Å². The highest BCUT2D eigenvalue weighted by Gasteiger charge is 2.32. The summed E-state index contributed by atoms with van der Waals surface area (Å²) in [7, 11) is 3.39. The minimum atomic E-state index is -0.122. The number of amides is 3. The lowest BCUT2D eigenvalue weighted by molar-refractivity contribution is -0.127. The van der Waals surface area contributed by atoms with Gasteiger partial charge in [0, 0.05) is 64.2 Å². The Morgan fingerprint density at radius 3 is 1.44 bits per heavy atom. The Hall–Kier alpha value is -4.04. The molecule has 4 aromatic rings. The van der Waals surface area contributed by atoms with Gasteiger partial charge in [-0.15, -0.1) is 0 Å². The molecule has 3 amide bonds. The summed E-state index contributed by atoms with van der Waals surface area (Å²) in [6, 6.07) is 27.2. The van der Waals surface area contributed by atoms with E-state index in [0.29, 0.717) is 62.5 Å². The third-order valence-electron chi connectivity index (χ3n) is 15.3. The lowest BCUT2D eigenvalue weighted by Crippen LogP contribution is -2.45. The summed E-state index contributed by atoms with van der Waals surface area (Å²) >= 11 is 24.0. The van der Waals surface area contributed by atoms with Crippen molar-refractivity contribution in [3.63, 3.8) is 0 Å². The molecule has 4 heterocycles. The molecular weight excluding hydrogens is 980 g/mol. The third-order valence-corrected chi connectivity index (χ3v) is 16.8. The van der Waals surface area contributed by atoms with Crippen LogP contribution in [0.2, 0.25) is 20.1 Å². The number of urea groups is 1. The summed E-state index contributed by atoms with van der Waals surface area (Å²) in [5.41, 5.74) is 4.26. The normalized spacial score (nSPS) is 19.0. The Bertz CT molecular complexity index is 2330. The van der Waals surface area contributed by atoms with Crippen molar-refractivity contribution in [2.24, 2.45) is 23.7 Å². The fourth-order valence-electron chi connectivity index (χ4n) is 10.9. The Labute approximate surface area is 441 Å². The van der Waals surface area contributed by atoms with Gasteiger partial charge in [-0.2, -0.15) is 0 Å². The summed E-state index contributed by atoms with van der Waals surface area (Å²) in [4.78, 5) is 34.1. The van der Waals surface area contributed by atoms with Crippen LogP contribution in [0.5, 0.6) is 11.5 Å². The molecule has 0 aromatic heterocycles. The number of nitrogens with one attached hydrogen (secondary N) is 1. The number of anilines is 1. The van der Waals surface area contributed by atoms with Gasteiger partial charge in [-0.3, -0.25) is 4.79 Å². The minimum absolute atomic E-state index is 0.0145. The van der Waals surface area contributed by atoms with Gasteiger partial charge in [0.2, 0.25) is 5.91 Å². The fraction of sp³-hybridized carbons (Fsp3) is 0.500. The SMILES string of the molecule is COc1ccc(C2CCN(CC(CO)C3CCN(C(=O)/C=C/c4ccc(Cl)c(Cl)c4)CC3)CC2)cc1.COc1ccc(C2CCN(CC(CO)C3CCN(C(=O)Nc4ccc(Cl)c(Cl)c4)CC3)CC2)cc1. The van der Waals surface area contributed by atoms with E-state index in [1.54, 1.807) is 56.7 Å². The Morgan fingerprint density at radius 2 is 1.01 bits per heavy atom. The number of aliphatic hydroxyl groups is 2. The van der Waals surface area contributed by atoms with Crippen molar-refractivity contribution in [2.75, 3.05) is 98.2 Å². The smallest absolute Gasteiger partial charge is 0.321 e. The van der Waals surface area contributed by atoms with E-state index in [1.165, 1.54) is 11.1 Å². The second-order valence-electron chi connectivity index (χ2n) is 19.6. The minimum Gasteiger partial charge on any atom is -0.497 e. The first-order valence-corrected chi connectivity index (χ1v) is 26.8. The van der Waals surface area contributed by atoms with Gasteiger partial charge in [0.15, 0.2) is 0 Å². The second kappa shape index (κ2) is 27.3. The summed E-state index contributed by atoms with van der Waals surface area (Å²) in [6.07, 6.45) is 11.6. The summed E-state index contributed by atoms with van der Waals surface area (Å²) in [5, 5.41) is 25.1. The van der Waals surface area contributed by atoms with E-state index >= 15 is 0 Å². The van der Waals surface area contributed by atoms with Gasteiger partial charge in [-0.05, 0) is 190 Å². The molecule has 0 bridgehead atoms. The summed E-state index contributed by atoms with van der Waals surface area (Å²) in [5.74, 6) is 4.35. The molecule has 2 unspecified atom stereocenters. The maximum atomic E-state index is 12.7. The molecule has 4 aliphatic rings. The van der Waals surface area contributed by atoms with Crippen molar-refractivity contribution < 1.29 is 29.3 Å². The van der Waals surface area contributed by atoms with Crippen molar-refractivity contribution in [3.05, 3.63) is 128 Å². The highest BCUT2D eigenvalue weighted by molar-refractivity contribution is 6.42. The van der Waals surface area contributed by atoms with Gasteiger partial charge >= 0.3 is 6.03 Å². The molecule has 384 valence electrons. The molecule has 2 atom stereocenters. The number of aliphatic hydroxyl groups excluding tert-OH is 2. The lowest BCUT2D eigenvalue weighted by atomic mass is 9.83. The average Bonchev–Trinajstić information content (AvgIpc) is 3.41. The molecule has 4 fully saturated rings. The summed E-state index contributed by atoms with van der Waals surface area (Å²) < 4.78 is 10.6. The monoisotopic (exact) mass is 1050 g/mol. The number of likely N-dealkylation sites (tertiary alicyclic amines) is 4. The predicted molar refractivity (Wildman–Crippen MR) is 289 cm³/mol. The largest absolute Gasteiger partial charge is 0.497 e. The number of halogens is 4. The van der Waals surface area contributed by atoms with Gasteiger partial charge in [-0.1, -0.05) is 76.7 Å². The molecule has 0 saturated carbocycles. The molecule has 3 N–H and O–H groups in total. The van der Waals surface area contributed by atoms with Crippen molar-refractivity contribution in [3.8, 4) is 11.5 Å². The lowest BCUT2D eigenvalue weighted by Gasteiger charge is -2.39. The molecule has 8 rings (SSSR count). The van der Waals surface area contributed by atoms with Crippen molar-refractivity contribution in [2.45, 2.75) is 63.2 Å². The van der Waals surface area contributed by atoms with Gasteiger partial charge < -0.3 is 44.6 Å². The van der Waals surface area contributed by atoms with Crippen LogP contribution in [-0.2, 0) is 4.79 Å². The number of carbonyl (C=O) groups excluding carboxylic acids is 2. The van der Waals surface area contributed by atoms with Crippen LogP contribution in [0.3, 0.4) is 0 Å². The number of rotatable bonds is 15. The third kappa shape index (κ3) is 15.7. The van der Waals surface area contributed by atoms with E-state index in [2.05, 4.69) is 39.4 Å². The second-order valence-corrected chi connectivity index (χ2v) is 21.3. The predicted octanol–water partition coefficient (Wildman–Crippen LogP) is 11.5. The van der Waals surface area contributed by atoms with E-state index < -0.39 is 0 Å². The van der Waals surface area contributed by atoms with Gasteiger partial charge in [-0.25, -0.2) is 4.79 Å². The number of carbonyl (C=O) groups is 2.